The maximum Gasteiger partial charge on any atom is 0.252 e. The third-order valence-electron chi connectivity index (χ3n) is 13.5. The molecule has 3 nitrogen and oxygen atoms in total. The van der Waals surface area contributed by atoms with Crippen molar-refractivity contribution in [1.29, 1.82) is 0 Å². The van der Waals surface area contributed by atoms with Gasteiger partial charge in [0.2, 0.25) is 0 Å². The van der Waals surface area contributed by atoms with E-state index in [0.29, 0.717) is 0 Å². The molecule has 7 aromatic rings. The van der Waals surface area contributed by atoms with Gasteiger partial charge in [-0.2, -0.15) is 0 Å². The van der Waals surface area contributed by atoms with Crippen molar-refractivity contribution < 1.29 is 0 Å². The van der Waals surface area contributed by atoms with Crippen molar-refractivity contribution in [2.75, 3.05) is 14.7 Å². The van der Waals surface area contributed by atoms with Crippen LogP contribution in [0.3, 0.4) is 0 Å². The third-order valence-corrected chi connectivity index (χ3v) is 13.5. The lowest BCUT2D eigenvalue weighted by atomic mass is 9.24. The zero-order valence-electron chi connectivity index (χ0n) is 31.5. The average molecular weight is 687 g/mol. The normalized spacial score (nSPS) is 15.0. The van der Waals surface area contributed by atoms with E-state index >= 15 is 0 Å². The molecule has 13 rings (SSSR count). The number of nitrogens with zero attached hydrogens (tertiary/aromatic N) is 3. The van der Waals surface area contributed by atoms with Gasteiger partial charge in [0.05, 0.1) is 0 Å². The molecule has 0 N–H and O–H groups in total. The summed E-state index contributed by atoms with van der Waals surface area (Å²) in [5.74, 6) is 0. The smallest absolute Gasteiger partial charge is 0.252 e. The van der Waals surface area contributed by atoms with Crippen LogP contribution in [-0.4, -0.2) is 20.1 Å². The van der Waals surface area contributed by atoms with Gasteiger partial charge in [-0.25, -0.2) is 0 Å². The molecule has 0 fully saturated rings. The molecule has 6 aliphatic heterocycles. The summed E-state index contributed by atoms with van der Waals surface area (Å²) in [4.78, 5) is 8.04. The maximum absolute atomic E-state index is 2.68. The minimum atomic E-state index is 0.111. The first-order valence-electron chi connectivity index (χ1n) is 19.5. The molecule has 0 saturated heterocycles. The molecule has 0 radical (unpaired) electrons. The number of fused-ring (bicyclic) bond motifs is 18. The molecule has 0 spiro atoms. The van der Waals surface area contributed by atoms with Crippen molar-refractivity contribution in [3.63, 3.8) is 0 Å². The fraction of sp³-hybridized carbons (Fsp3) is 0.125. The molecule has 6 heteroatoms. The van der Waals surface area contributed by atoms with Crippen LogP contribution >= 0.6 is 0 Å². The zero-order chi connectivity index (χ0) is 36.0. The Morgan fingerprint density at radius 2 is 0.463 bits per heavy atom. The van der Waals surface area contributed by atoms with Crippen LogP contribution in [0.1, 0.15) is 33.4 Å². The van der Waals surface area contributed by atoms with Crippen LogP contribution in [0.25, 0.3) is 0 Å². The SMILES string of the molecule is Cc1ccc2c(c1)B1c3cc(C)ccc3N3c4ccc(C)cc4B4c5cc(C)ccc5N5c6ccc(C)cc6B6c7cc(C)ccc7N2c2c1c3c4c5c26. The van der Waals surface area contributed by atoms with Crippen LogP contribution in [0, 0.1) is 41.5 Å². The molecule has 0 saturated carbocycles. The highest BCUT2D eigenvalue weighted by Gasteiger charge is 2.57. The first-order valence-corrected chi connectivity index (χ1v) is 19.5. The standard InChI is InChI=1S/C48H36B3N3/c1-25-7-13-37-31(19-25)49-32-20-26(2)8-14-38(32)53-40-16-10-28(4)22-34(40)51-36-24-30(6)12-18-42(36)54-41-17-11-29(5)23-35(41)50-33-21-27(3)9-15-39(33)52(37)46-43(49)47(53)45(51)48(54)44(46)50/h7-24H,1-6H3. The number of rotatable bonds is 0. The molecule has 54 heavy (non-hydrogen) atoms. The Bertz CT molecular complexity index is 2470. The second kappa shape index (κ2) is 9.62. The molecule has 0 aromatic heterocycles. The summed E-state index contributed by atoms with van der Waals surface area (Å²) in [6.07, 6.45) is 0. The summed E-state index contributed by atoms with van der Waals surface area (Å²) in [6.45, 7) is 13.9. The Balaban J connectivity index is 1.31. The van der Waals surface area contributed by atoms with Gasteiger partial charge in [-0.05, 0) is 127 Å². The van der Waals surface area contributed by atoms with Crippen molar-refractivity contribution in [3.8, 4) is 0 Å². The highest BCUT2D eigenvalue weighted by molar-refractivity contribution is 7.09. The Morgan fingerprint density at radius 1 is 0.278 bits per heavy atom. The molecule has 0 atom stereocenters. The third kappa shape index (κ3) is 3.32. The Labute approximate surface area is 318 Å². The number of hydrogen-bond donors (Lipinski definition) is 0. The van der Waals surface area contributed by atoms with E-state index in [1.807, 2.05) is 0 Å². The topological polar surface area (TPSA) is 9.72 Å². The molecule has 0 amide bonds. The molecule has 0 unspecified atom stereocenters. The second-order valence-electron chi connectivity index (χ2n) is 17.0. The van der Waals surface area contributed by atoms with Gasteiger partial charge in [0, 0.05) is 51.2 Å². The Hall–Kier alpha value is -5.87. The molecular weight excluding hydrogens is 651 g/mol. The quantitative estimate of drug-likeness (QED) is 0.199. The van der Waals surface area contributed by atoms with Gasteiger partial charge >= 0.3 is 0 Å². The van der Waals surface area contributed by atoms with E-state index in [1.54, 1.807) is 0 Å². The Kier molecular flexibility index (Phi) is 5.27. The van der Waals surface area contributed by atoms with Gasteiger partial charge in [-0.15, -0.1) is 0 Å². The van der Waals surface area contributed by atoms with E-state index in [0.717, 1.165) is 0 Å². The summed E-state index contributed by atoms with van der Waals surface area (Å²) < 4.78 is 0. The van der Waals surface area contributed by atoms with Crippen LogP contribution in [0.2, 0.25) is 0 Å². The van der Waals surface area contributed by atoms with E-state index < -0.39 is 0 Å². The molecule has 6 aliphatic rings. The first kappa shape index (κ1) is 29.6. The van der Waals surface area contributed by atoms with E-state index in [2.05, 4.69) is 165 Å². The van der Waals surface area contributed by atoms with Crippen molar-refractivity contribution in [3.05, 3.63) is 143 Å². The predicted octanol–water partition coefficient (Wildman–Crippen LogP) is 5.38. The van der Waals surface area contributed by atoms with Gasteiger partial charge in [0.1, 0.15) is 0 Å². The summed E-state index contributed by atoms with van der Waals surface area (Å²) in [5.41, 5.74) is 32.7. The number of aryl methyl sites for hydroxylation is 6. The summed E-state index contributed by atoms with van der Waals surface area (Å²) in [5, 5.41) is 0. The van der Waals surface area contributed by atoms with Gasteiger partial charge in [-0.3, -0.25) is 0 Å². The largest absolute Gasteiger partial charge is 0.312 e. The van der Waals surface area contributed by atoms with Crippen molar-refractivity contribution in [2.45, 2.75) is 41.5 Å². The van der Waals surface area contributed by atoms with Crippen LogP contribution in [-0.2, 0) is 0 Å². The van der Waals surface area contributed by atoms with Gasteiger partial charge in [-0.1, -0.05) is 106 Å². The number of hydrogen-bond acceptors (Lipinski definition) is 3. The van der Waals surface area contributed by atoms with Gasteiger partial charge < -0.3 is 14.7 Å². The molecule has 0 aliphatic carbocycles. The van der Waals surface area contributed by atoms with Crippen molar-refractivity contribution in [2.24, 2.45) is 0 Å². The van der Waals surface area contributed by atoms with Crippen LogP contribution in [0.4, 0.5) is 51.2 Å². The van der Waals surface area contributed by atoms with Crippen molar-refractivity contribution in [1.82, 2.24) is 0 Å². The second-order valence-corrected chi connectivity index (χ2v) is 17.0. The summed E-state index contributed by atoms with van der Waals surface area (Å²) in [6, 6.07) is 43.3. The lowest BCUT2D eigenvalue weighted by Gasteiger charge is -2.55. The molecule has 0 bridgehead atoms. The Morgan fingerprint density at radius 3 is 0.648 bits per heavy atom. The van der Waals surface area contributed by atoms with Crippen LogP contribution < -0.4 is 63.9 Å². The predicted molar refractivity (Wildman–Crippen MR) is 233 cm³/mol. The van der Waals surface area contributed by atoms with E-state index in [4.69, 9.17) is 0 Å². The maximum atomic E-state index is 2.68. The monoisotopic (exact) mass is 687 g/mol. The first-order chi connectivity index (χ1) is 26.3. The lowest BCUT2D eigenvalue weighted by molar-refractivity contribution is 1.22. The van der Waals surface area contributed by atoms with Gasteiger partial charge in [0.25, 0.3) is 20.1 Å². The molecular formula is C48H36B3N3. The van der Waals surface area contributed by atoms with E-state index in [1.165, 1.54) is 134 Å². The van der Waals surface area contributed by atoms with Crippen LogP contribution in [0.5, 0.6) is 0 Å². The zero-order valence-corrected chi connectivity index (χ0v) is 31.5. The van der Waals surface area contributed by atoms with Crippen LogP contribution in [0.15, 0.2) is 109 Å². The highest BCUT2D eigenvalue weighted by atomic mass is 15.2. The molecule has 7 aromatic carbocycles. The van der Waals surface area contributed by atoms with E-state index in [9.17, 15) is 0 Å². The van der Waals surface area contributed by atoms with Crippen molar-refractivity contribution >= 4 is 120 Å². The number of benzene rings is 7. The number of anilines is 9. The summed E-state index contributed by atoms with van der Waals surface area (Å²) in [7, 11) is 0. The molecule has 6 heterocycles. The van der Waals surface area contributed by atoms with E-state index in [-0.39, 0.29) is 20.1 Å². The van der Waals surface area contributed by atoms with Gasteiger partial charge in [0.15, 0.2) is 0 Å². The average Bonchev–Trinajstić information content (AvgIpc) is 3.15. The minimum Gasteiger partial charge on any atom is -0.312 e. The molecule has 252 valence electrons. The minimum absolute atomic E-state index is 0.111. The lowest BCUT2D eigenvalue weighted by Crippen LogP contribution is -2.74. The fourth-order valence-electron chi connectivity index (χ4n) is 11.5. The fourth-order valence-corrected chi connectivity index (χ4v) is 11.5. The summed E-state index contributed by atoms with van der Waals surface area (Å²) >= 11 is 0. The highest BCUT2D eigenvalue weighted by Crippen LogP contribution is 2.51.